The Morgan fingerprint density at radius 3 is 2.46 bits per heavy atom. The topological polar surface area (TPSA) is 80.8 Å². The summed E-state index contributed by atoms with van der Waals surface area (Å²) in [6.07, 6.45) is 0.739. The van der Waals surface area contributed by atoms with E-state index in [-0.39, 0.29) is 17.1 Å². The molecule has 1 aliphatic rings. The third kappa shape index (κ3) is 4.20. The zero-order valence-electron chi connectivity index (χ0n) is 15.3. The fourth-order valence-corrected chi connectivity index (χ4v) is 4.80. The molecule has 0 saturated carbocycles. The van der Waals surface area contributed by atoms with E-state index in [2.05, 4.69) is 0 Å². The van der Waals surface area contributed by atoms with Gasteiger partial charge in [0, 0.05) is 17.4 Å². The third-order valence-corrected chi connectivity index (χ3v) is 6.76. The Morgan fingerprint density at radius 2 is 1.79 bits per heavy atom. The first-order valence-electron chi connectivity index (χ1n) is 8.78. The first-order valence-corrected chi connectivity index (χ1v) is 10.6. The van der Waals surface area contributed by atoms with E-state index in [0.29, 0.717) is 27.9 Å². The molecule has 0 aliphatic carbocycles. The third-order valence-electron chi connectivity index (χ3n) is 4.75. The van der Waals surface area contributed by atoms with Crippen LogP contribution in [-0.4, -0.2) is 38.1 Å². The van der Waals surface area contributed by atoms with E-state index in [1.54, 1.807) is 6.07 Å². The molecule has 0 bridgehead atoms. The Kier molecular flexibility index (Phi) is 6.05. The highest BCUT2D eigenvalue weighted by Gasteiger charge is 2.38. The molecule has 0 spiro atoms. The second kappa shape index (κ2) is 8.32. The second-order valence-corrected chi connectivity index (χ2v) is 8.89. The molecule has 6 nitrogen and oxygen atoms in total. The Morgan fingerprint density at radius 1 is 1.11 bits per heavy atom. The van der Waals surface area contributed by atoms with Gasteiger partial charge in [-0.1, -0.05) is 29.8 Å². The van der Waals surface area contributed by atoms with Crippen LogP contribution in [0.2, 0.25) is 5.02 Å². The minimum atomic E-state index is -4.15. The number of Topliss-reactive ketones (excluding diaryl/α,β-unsaturated/α-hetero) is 1. The van der Waals surface area contributed by atoms with Crippen molar-refractivity contribution in [3.8, 4) is 5.75 Å². The lowest BCUT2D eigenvalue weighted by atomic mass is 9.94. The summed E-state index contributed by atoms with van der Waals surface area (Å²) in [5, 5.41) is 0.381. The molecule has 28 heavy (non-hydrogen) atoms. The first kappa shape index (κ1) is 20.4. The maximum atomic E-state index is 13.1. The van der Waals surface area contributed by atoms with Crippen molar-refractivity contribution in [3.05, 3.63) is 59.1 Å². The zero-order chi connectivity index (χ0) is 20.3. The van der Waals surface area contributed by atoms with Crippen LogP contribution in [0, 0.1) is 5.92 Å². The number of methoxy groups -OCH3 is 1. The molecule has 148 valence electrons. The molecule has 1 saturated heterocycles. The van der Waals surface area contributed by atoms with Crippen molar-refractivity contribution in [1.29, 1.82) is 0 Å². The largest absolute Gasteiger partial charge is 0.496 e. The molecule has 0 N–H and O–H groups in total. The van der Waals surface area contributed by atoms with Crippen molar-refractivity contribution >= 4 is 33.3 Å². The standard InChI is InChI=1S/C20H20ClNO5S/c1-27-19-5-3-2-4-14(19)12-15-6-9-17(23)13-22(20(15)24)28(25,26)18-10-7-16(21)8-11-18/h2-5,7-8,10-11,15H,6,9,12-13H2,1H3. The molecular formula is C20H20ClNO5S. The maximum Gasteiger partial charge on any atom is 0.266 e. The molecule has 1 aliphatic heterocycles. The number of benzene rings is 2. The minimum Gasteiger partial charge on any atom is -0.496 e. The summed E-state index contributed by atoms with van der Waals surface area (Å²) in [4.78, 5) is 25.2. The van der Waals surface area contributed by atoms with Gasteiger partial charge in [0.25, 0.3) is 10.0 Å². The van der Waals surface area contributed by atoms with E-state index in [1.165, 1.54) is 31.4 Å². The Balaban J connectivity index is 1.94. The van der Waals surface area contributed by atoms with Crippen LogP contribution in [-0.2, 0) is 26.0 Å². The van der Waals surface area contributed by atoms with E-state index in [9.17, 15) is 18.0 Å². The van der Waals surface area contributed by atoms with Gasteiger partial charge in [-0.2, -0.15) is 0 Å². The summed E-state index contributed by atoms with van der Waals surface area (Å²) in [7, 11) is -2.62. The lowest BCUT2D eigenvalue weighted by Crippen LogP contribution is -2.42. The highest BCUT2D eigenvalue weighted by atomic mass is 35.5. The molecular weight excluding hydrogens is 402 g/mol. The van der Waals surface area contributed by atoms with Crippen LogP contribution in [0.15, 0.2) is 53.4 Å². The van der Waals surface area contributed by atoms with Gasteiger partial charge >= 0.3 is 0 Å². The van der Waals surface area contributed by atoms with Crippen molar-refractivity contribution in [2.45, 2.75) is 24.2 Å². The molecule has 1 heterocycles. The van der Waals surface area contributed by atoms with Crippen LogP contribution in [0.3, 0.4) is 0 Å². The SMILES string of the molecule is COc1ccccc1CC1CCC(=O)CN(S(=O)(=O)c2ccc(Cl)cc2)C1=O. The quantitative estimate of drug-likeness (QED) is 0.741. The van der Waals surface area contributed by atoms with Crippen molar-refractivity contribution < 1.29 is 22.7 Å². The predicted octanol–water partition coefficient (Wildman–Crippen LogP) is 3.09. The summed E-state index contributed by atoms with van der Waals surface area (Å²) in [5.74, 6) is -0.872. The van der Waals surface area contributed by atoms with Gasteiger partial charge in [0.05, 0.1) is 18.6 Å². The molecule has 2 aromatic carbocycles. The Bertz CT molecular complexity index is 988. The smallest absolute Gasteiger partial charge is 0.266 e. The molecule has 1 fully saturated rings. The van der Waals surface area contributed by atoms with Crippen LogP contribution < -0.4 is 4.74 Å². The predicted molar refractivity (Wildman–Crippen MR) is 105 cm³/mol. The van der Waals surface area contributed by atoms with Crippen molar-refractivity contribution in [2.75, 3.05) is 13.7 Å². The summed E-state index contributed by atoms with van der Waals surface area (Å²) < 4.78 is 32.1. The highest BCUT2D eigenvalue weighted by Crippen LogP contribution is 2.29. The number of ketones is 1. The second-order valence-electron chi connectivity index (χ2n) is 6.59. The van der Waals surface area contributed by atoms with Gasteiger partial charge in [0.15, 0.2) is 5.78 Å². The number of hydrogen-bond acceptors (Lipinski definition) is 5. The summed E-state index contributed by atoms with van der Waals surface area (Å²) >= 11 is 5.83. The van der Waals surface area contributed by atoms with Gasteiger partial charge in [-0.3, -0.25) is 9.59 Å². The number of halogens is 1. The normalized spacial score (nSPS) is 18.1. The van der Waals surface area contributed by atoms with Gasteiger partial charge in [0.1, 0.15) is 5.75 Å². The summed E-state index contributed by atoms with van der Waals surface area (Å²) in [5.41, 5.74) is 0.793. The van der Waals surface area contributed by atoms with E-state index >= 15 is 0 Å². The molecule has 1 unspecified atom stereocenters. The van der Waals surface area contributed by atoms with Gasteiger partial charge in [-0.05, 0) is 48.7 Å². The van der Waals surface area contributed by atoms with Crippen LogP contribution in [0.1, 0.15) is 18.4 Å². The molecule has 1 atom stereocenters. The van der Waals surface area contributed by atoms with Gasteiger partial charge in [-0.25, -0.2) is 12.7 Å². The molecule has 2 aromatic rings. The molecule has 8 heteroatoms. The summed E-state index contributed by atoms with van der Waals surface area (Å²) in [6.45, 7) is -0.452. The lowest BCUT2D eigenvalue weighted by molar-refractivity contribution is -0.131. The lowest BCUT2D eigenvalue weighted by Gasteiger charge is -2.24. The fourth-order valence-electron chi connectivity index (χ4n) is 3.24. The van der Waals surface area contributed by atoms with E-state index < -0.39 is 28.4 Å². The van der Waals surface area contributed by atoms with Crippen LogP contribution in [0.25, 0.3) is 0 Å². The van der Waals surface area contributed by atoms with E-state index in [0.717, 1.165) is 5.56 Å². The number of para-hydroxylation sites is 1. The van der Waals surface area contributed by atoms with E-state index in [1.807, 2.05) is 18.2 Å². The van der Waals surface area contributed by atoms with Crippen molar-refractivity contribution in [3.63, 3.8) is 0 Å². The number of amides is 1. The number of ether oxygens (including phenoxy) is 1. The summed E-state index contributed by atoms with van der Waals surface area (Å²) in [6, 6.07) is 12.8. The molecule has 3 rings (SSSR count). The van der Waals surface area contributed by atoms with Crippen LogP contribution in [0.5, 0.6) is 5.75 Å². The van der Waals surface area contributed by atoms with Crippen molar-refractivity contribution in [2.24, 2.45) is 5.92 Å². The zero-order valence-corrected chi connectivity index (χ0v) is 16.9. The number of rotatable bonds is 5. The number of nitrogens with zero attached hydrogens (tertiary/aromatic N) is 1. The maximum absolute atomic E-state index is 13.1. The average Bonchev–Trinajstić information content (AvgIpc) is 2.82. The highest BCUT2D eigenvalue weighted by molar-refractivity contribution is 7.89. The number of sulfonamides is 1. The van der Waals surface area contributed by atoms with Gasteiger partial charge in [-0.15, -0.1) is 0 Å². The first-order chi connectivity index (χ1) is 13.3. The van der Waals surface area contributed by atoms with Gasteiger partial charge < -0.3 is 4.74 Å². The monoisotopic (exact) mass is 421 g/mol. The number of carbonyl (C=O) groups excluding carboxylic acids is 2. The number of carbonyl (C=O) groups is 2. The van der Waals surface area contributed by atoms with Gasteiger partial charge in [0.2, 0.25) is 5.91 Å². The number of hydrogen-bond donors (Lipinski definition) is 0. The Hall–Kier alpha value is -2.38. The van der Waals surface area contributed by atoms with Crippen LogP contribution in [0.4, 0.5) is 0 Å². The molecule has 1 amide bonds. The van der Waals surface area contributed by atoms with E-state index in [4.69, 9.17) is 16.3 Å². The minimum absolute atomic E-state index is 0.0732. The fraction of sp³-hybridized carbons (Fsp3) is 0.300. The van der Waals surface area contributed by atoms with Crippen molar-refractivity contribution in [1.82, 2.24) is 4.31 Å². The van der Waals surface area contributed by atoms with Crippen LogP contribution >= 0.6 is 11.6 Å². The average molecular weight is 422 g/mol. The Labute approximate surface area is 169 Å². The molecule has 0 radical (unpaired) electrons. The molecule has 0 aromatic heterocycles.